The Kier molecular flexibility index (Phi) is 5.67. The minimum Gasteiger partial charge on any atom is -0.349 e. The van der Waals surface area contributed by atoms with Gasteiger partial charge in [0.1, 0.15) is 0 Å². The topological polar surface area (TPSA) is 32.3 Å². The Morgan fingerprint density at radius 3 is 2.35 bits per heavy atom. The van der Waals surface area contributed by atoms with E-state index in [4.69, 9.17) is 0 Å². The molecule has 0 bridgehead atoms. The predicted octanol–water partition coefficient (Wildman–Crippen LogP) is 3.69. The van der Waals surface area contributed by atoms with Crippen LogP contribution in [0.4, 0.5) is 0 Å². The molecule has 3 rings (SSSR count). The fourth-order valence-corrected chi connectivity index (χ4v) is 3.31. The third kappa shape index (κ3) is 4.78. The van der Waals surface area contributed by atoms with Gasteiger partial charge < -0.3 is 5.32 Å². The normalized spacial score (nSPS) is 16.2. The van der Waals surface area contributed by atoms with Gasteiger partial charge in [-0.1, -0.05) is 30.3 Å². The van der Waals surface area contributed by atoms with Crippen molar-refractivity contribution in [1.29, 1.82) is 0 Å². The summed E-state index contributed by atoms with van der Waals surface area (Å²) in [7, 11) is 0. The number of rotatable bonds is 4. The highest BCUT2D eigenvalue weighted by atomic mass is 125. The van der Waals surface area contributed by atoms with E-state index in [9.17, 15) is 4.79 Å². The average molecular weight is 418 g/mol. The van der Waals surface area contributed by atoms with Crippen molar-refractivity contribution in [1.82, 2.24) is 10.2 Å². The Hall–Kier alpha value is -1.40. The molecule has 0 aliphatic carbocycles. The van der Waals surface area contributed by atoms with E-state index in [0.29, 0.717) is 0 Å². The fourth-order valence-electron chi connectivity index (χ4n) is 2.95. The number of hydrogen-bond donors (Lipinski definition) is 1. The Bertz CT molecular complexity index is 634. The number of piperidine rings is 1. The summed E-state index contributed by atoms with van der Waals surface area (Å²) in [5.41, 5.74) is 2.10. The molecule has 4 heteroatoms. The molecule has 2 aromatic carbocycles. The second kappa shape index (κ2) is 7.93. The van der Waals surface area contributed by atoms with Gasteiger partial charge in [-0.2, -0.15) is 0 Å². The van der Waals surface area contributed by atoms with Crippen molar-refractivity contribution in [3.05, 3.63) is 69.3 Å². The van der Waals surface area contributed by atoms with E-state index in [-0.39, 0.29) is 11.9 Å². The van der Waals surface area contributed by atoms with Crippen molar-refractivity contribution < 1.29 is 4.79 Å². The molecule has 1 heterocycles. The van der Waals surface area contributed by atoms with E-state index in [2.05, 4.69) is 63.1 Å². The van der Waals surface area contributed by atoms with Crippen molar-refractivity contribution in [2.75, 3.05) is 13.1 Å². The number of carbonyl (C=O) groups excluding carboxylic acids is 1. The lowest BCUT2D eigenvalue weighted by Crippen LogP contribution is -2.44. The summed E-state index contributed by atoms with van der Waals surface area (Å²) in [6.07, 6.45) is 2.03. The first-order valence-electron chi connectivity index (χ1n) is 8.03. The largest absolute Gasteiger partial charge is 0.349 e. The van der Waals surface area contributed by atoms with Crippen LogP contribution in [0.2, 0.25) is 0 Å². The molecular formula is C19H21IN2O. The lowest BCUT2D eigenvalue weighted by atomic mass is 10.0. The Morgan fingerprint density at radius 1 is 1.04 bits per heavy atom. The van der Waals surface area contributed by atoms with Crippen LogP contribution < -0.4 is 5.32 Å². The molecule has 1 N–H and O–H groups in total. The van der Waals surface area contributed by atoms with Gasteiger partial charge in [0.25, 0.3) is 5.91 Å². The molecule has 3 nitrogen and oxygen atoms in total. The summed E-state index contributed by atoms with van der Waals surface area (Å²) in [6.45, 7) is 3.07. The molecule has 1 saturated heterocycles. The maximum atomic E-state index is 12.3. The molecule has 1 aliphatic heterocycles. The van der Waals surface area contributed by atoms with Gasteiger partial charge in [-0.25, -0.2) is 0 Å². The van der Waals surface area contributed by atoms with Crippen LogP contribution in [-0.2, 0) is 6.54 Å². The molecular weight excluding hydrogens is 397 g/mol. The van der Waals surface area contributed by atoms with Gasteiger partial charge in [-0.3, -0.25) is 9.69 Å². The molecule has 0 aromatic heterocycles. The standard InChI is InChI=1S/C19H21IN2O/c20-17-8-6-16(7-9-17)19(23)21-18-10-12-22(13-11-18)14-15-4-2-1-3-5-15/h1-9,18H,10-14H2,(H,21,23)/i20-2. The van der Waals surface area contributed by atoms with Gasteiger partial charge in [0.15, 0.2) is 0 Å². The fraction of sp³-hybridized carbons (Fsp3) is 0.316. The quantitative estimate of drug-likeness (QED) is 0.769. The molecule has 1 fully saturated rings. The Balaban J connectivity index is 1.47. The van der Waals surface area contributed by atoms with E-state index in [1.54, 1.807) is 0 Å². The van der Waals surface area contributed by atoms with Crippen LogP contribution in [0, 0.1) is 3.57 Å². The molecule has 0 atom stereocenters. The smallest absolute Gasteiger partial charge is 0.251 e. The highest BCUT2D eigenvalue weighted by Gasteiger charge is 2.21. The van der Waals surface area contributed by atoms with Gasteiger partial charge in [0.2, 0.25) is 0 Å². The van der Waals surface area contributed by atoms with Crippen molar-refractivity contribution >= 4 is 28.5 Å². The lowest BCUT2D eigenvalue weighted by molar-refractivity contribution is 0.0909. The molecule has 23 heavy (non-hydrogen) atoms. The SMILES string of the molecule is O=C(NC1CCN(Cc2ccccc2)CC1)c1ccc([125I])cc1. The van der Waals surface area contributed by atoms with E-state index >= 15 is 0 Å². The van der Waals surface area contributed by atoms with Crippen molar-refractivity contribution in [2.24, 2.45) is 0 Å². The van der Waals surface area contributed by atoms with E-state index in [1.807, 2.05) is 24.3 Å². The lowest BCUT2D eigenvalue weighted by Gasteiger charge is -2.32. The number of benzene rings is 2. The first-order chi connectivity index (χ1) is 11.2. The van der Waals surface area contributed by atoms with Crippen molar-refractivity contribution in [3.63, 3.8) is 0 Å². The van der Waals surface area contributed by atoms with Crippen LogP contribution in [0.3, 0.4) is 0 Å². The van der Waals surface area contributed by atoms with Crippen LogP contribution in [0.25, 0.3) is 0 Å². The predicted molar refractivity (Wildman–Crippen MR) is 101 cm³/mol. The van der Waals surface area contributed by atoms with E-state index in [1.165, 1.54) is 5.56 Å². The van der Waals surface area contributed by atoms with Crippen LogP contribution in [0.5, 0.6) is 0 Å². The number of carbonyl (C=O) groups is 1. The van der Waals surface area contributed by atoms with Gasteiger partial charge in [0.05, 0.1) is 0 Å². The number of amides is 1. The summed E-state index contributed by atoms with van der Waals surface area (Å²) >= 11 is 2.25. The van der Waals surface area contributed by atoms with E-state index in [0.717, 1.165) is 41.6 Å². The zero-order valence-corrected chi connectivity index (χ0v) is 15.2. The van der Waals surface area contributed by atoms with Gasteiger partial charge >= 0.3 is 0 Å². The van der Waals surface area contributed by atoms with Gasteiger partial charge in [-0.05, 0) is 65.3 Å². The zero-order chi connectivity index (χ0) is 16.1. The molecule has 2 aromatic rings. The summed E-state index contributed by atoms with van der Waals surface area (Å²) in [5.74, 6) is 0.0444. The summed E-state index contributed by atoms with van der Waals surface area (Å²) in [4.78, 5) is 14.7. The monoisotopic (exact) mass is 418 g/mol. The second-order valence-electron chi connectivity index (χ2n) is 6.02. The highest BCUT2D eigenvalue weighted by Crippen LogP contribution is 2.15. The third-order valence-electron chi connectivity index (χ3n) is 4.28. The summed E-state index contributed by atoms with van der Waals surface area (Å²) in [5, 5.41) is 3.17. The number of likely N-dealkylation sites (tertiary alicyclic amines) is 1. The highest BCUT2D eigenvalue weighted by molar-refractivity contribution is 14.1. The first kappa shape index (κ1) is 16.5. The number of halogens is 1. The second-order valence-corrected chi connectivity index (χ2v) is 7.26. The molecule has 1 amide bonds. The maximum Gasteiger partial charge on any atom is 0.251 e. The molecule has 0 spiro atoms. The van der Waals surface area contributed by atoms with Crippen LogP contribution in [0.15, 0.2) is 54.6 Å². The number of hydrogen-bond acceptors (Lipinski definition) is 2. The van der Waals surface area contributed by atoms with Crippen molar-refractivity contribution in [2.45, 2.75) is 25.4 Å². The molecule has 120 valence electrons. The minimum atomic E-state index is 0.0444. The number of nitrogens with zero attached hydrogens (tertiary/aromatic N) is 1. The first-order valence-corrected chi connectivity index (χ1v) is 9.11. The summed E-state index contributed by atoms with van der Waals surface area (Å²) in [6, 6.07) is 18.6. The Morgan fingerprint density at radius 2 is 1.70 bits per heavy atom. The molecule has 0 radical (unpaired) electrons. The van der Waals surface area contributed by atoms with Gasteiger partial charge in [0, 0.05) is 34.8 Å². The maximum absolute atomic E-state index is 12.3. The zero-order valence-electron chi connectivity index (χ0n) is 13.0. The number of nitrogens with one attached hydrogen (secondary N) is 1. The van der Waals surface area contributed by atoms with Crippen molar-refractivity contribution in [3.8, 4) is 0 Å². The average Bonchev–Trinajstić information content (AvgIpc) is 2.58. The van der Waals surface area contributed by atoms with Crippen LogP contribution in [0.1, 0.15) is 28.8 Å². The molecule has 0 unspecified atom stereocenters. The minimum absolute atomic E-state index is 0.0444. The Labute approximate surface area is 151 Å². The van der Waals surface area contributed by atoms with Crippen LogP contribution in [-0.4, -0.2) is 29.9 Å². The summed E-state index contributed by atoms with van der Waals surface area (Å²) < 4.78 is 1.15. The molecule has 0 saturated carbocycles. The van der Waals surface area contributed by atoms with Gasteiger partial charge in [-0.15, -0.1) is 0 Å². The van der Waals surface area contributed by atoms with E-state index < -0.39 is 0 Å². The van der Waals surface area contributed by atoms with Crippen LogP contribution >= 0.6 is 22.6 Å². The molecule has 1 aliphatic rings. The third-order valence-corrected chi connectivity index (χ3v) is 5.00.